The Hall–Kier alpha value is -0.940. The number of hydrogen-bond donors (Lipinski definition) is 2. The van der Waals surface area contributed by atoms with Gasteiger partial charge in [0, 0.05) is 17.3 Å². The molecule has 0 amide bonds. The molecule has 7 unspecified atom stereocenters. The van der Waals surface area contributed by atoms with E-state index in [4.69, 9.17) is 0 Å². The van der Waals surface area contributed by atoms with E-state index in [1.807, 2.05) is 6.92 Å². The highest BCUT2D eigenvalue weighted by atomic mass is 32.1. The number of aliphatic hydroxyl groups excluding tert-OH is 1. The molecule has 0 aromatic rings. The van der Waals surface area contributed by atoms with Crippen molar-refractivity contribution < 1.29 is 19.1 Å². The number of alkyl halides is 1. The highest BCUT2D eigenvalue weighted by Crippen LogP contribution is 2.66. The number of carbonyl (C=O) groups excluding carboxylic acids is 2. The molecule has 3 saturated carbocycles. The third-order valence-corrected chi connectivity index (χ3v) is 8.08. The molecule has 3 nitrogen and oxygen atoms in total. The zero-order valence-corrected chi connectivity index (χ0v) is 15.5. The molecule has 0 aromatic carbocycles. The predicted molar refractivity (Wildman–Crippen MR) is 95.8 cm³/mol. The molecule has 0 radical (unpaired) electrons. The first-order chi connectivity index (χ1) is 11.7. The smallest absolute Gasteiger partial charge is 0.189 e. The van der Waals surface area contributed by atoms with E-state index in [1.54, 1.807) is 6.08 Å². The lowest BCUT2D eigenvalue weighted by Gasteiger charge is -2.59. The fourth-order valence-corrected chi connectivity index (χ4v) is 7.16. The lowest BCUT2D eigenvalue weighted by atomic mass is 9.46. The van der Waals surface area contributed by atoms with Gasteiger partial charge >= 0.3 is 0 Å². The fraction of sp³-hybridized carbons (Fsp3) is 0.700. The Morgan fingerprint density at radius 1 is 1.36 bits per heavy atom. The Balaban J connectivity index is 1.77. The molecule has 0 bridgehead atoms. The number of thiol groups is 1. The SMILES string of the molecule is CC12C=CC(=O)C=C1[C@@H](F)CC1C2C(O)CC2(C)C(C(=O)S)CCC12. The molecule has 4 aliphatic rings. The molecule has 3 fully saturated rings. The average Bonchev–Trinajstić information content (AvgIpc) is 2.85. The lowest BCUT2D eigenvalue weighted by molar-refractivity contribution is -0.136. The van der Waals surface area contributed by atoms with Crippen LogP contribution in [0.15, 0.2) is 23.8 Å². The standard InChI is InChI=1S/C20H25FO3S/c1-19-6-5-10(22)7-14(19)15(21)8-11-12-3-4-13(18(24)25)20(12,2)9-16(23)17(11)19/h5-7,11-13,15-17,23H,3-4,8-9H2,1-2H3,(H,24,25)/t11?,12?,13?,15-,16?,17?,19?,20?/m0/s1. The van der Waals surface area contributed by atoms with Crippen molar-refractivity contribution in [3.05, 3.63) is 23.8 Å². The summed E-state index contributed by atoms with van der Waals surface area (Å²) < 4.78 is 15.1. The van der Waals surface area contributed by atoms with Crippen LogP contribution >= 0.6 is 12.6 Å². The molecule has 0 spiro atoms. The molecular formula is C20H25FO3S. The predicted octanol–water partition coefficient (Wildman–Crippen LogP) is 3.29. The van der Waals surface area contributed by atoms with E-state index >= 15 is 4.39 Å². The van der Waals surface area contributed by atoms with Gasteiger partial charge in [-0.3, -0.25) is 9.59 Å². The van der Waals surface area contributed by atoms with Gasteiger partial charge in [0.05, 0.1) is 6.10 Å². The van der Waals surface area contributed by atoms with E-state index in [2.05, 4.69) is 19.6 Å². The van der Waals surface area contributed by atoms with Gasteiger partial charge in [0.2, 0.25) is 0 Å². The number of rotatable bonds is 1. The van der Waals surface area contributed by atoms with Crippen LogP contribution in [-0.2, 0) is 9.59 Å². The molecular weight excluding hydrogens is 339 g/mol. The molecule has 136 valence electrons. The minimum atomic E-state index is -1.17. The zero-order chi connectivity index (χ0) is 18.1. The maximum Gasteiger partial charge on any atom is 0.189 e. The summed E-state index contributed by atoms with van der Waals surface area (Å²) in [7, 11) is 0. The molecule has 0 heterocycles. The molecule has 0 saturated heterocycles. The maximum atomic E-state index is 15.1. The average molecular weight is 364 g/mol. The van der Waals surface area contributed by atoms with Crippen LogP contribution in [-0.4, -0.2) is 28.3 Å². The summed E-state index contributed by atoms with van der Waals surface area (Å²) in [4.78, 5) is 23.8. The number of hydrogen-bond acceptors (Lipinski definition) is 3. The number of fused-ring (bicyclic) bond motifs is 5. The van der Waals surface area contributed by atoms with E-state index < -0.39 is 17.7 Å². The second kappa shape index (κ2) is 5.53. The molecule has 0 aliphatic heterocycles. The summed E-state index contributed by atoms with van der Waals surface area (Å²) in [6.45, 7) is 4.03. The topological polar surface area (TPSA) is 54.4 Å². The summed E-state index contributed by atoms with van der Waals surface area (Å²) in [5.41, 5.74) is -0.422. The second-order valence-electron chi connectivity index (χ2n) is 8.86. The summed E-state index contributed by atoms with van der Waals surface area (Å²) in [5, 5.41) is 11.0. The van der Waals surface area contributed by atoms with Crippen LogP contribution < -0.4 is 0 Å². The van der Waals surface area contributed by atoms with Crippen molar-refractivity contribution in [2.24, 2.45) is 34.5 Å². The van der Waals surface area contributed by atoms with Crippen LogP contribution in [0.2, 0.25) is 0 Å². The summed E-state index contributed by atoms with van der Waals surface area (Å²) in [5.74, 6) is -0.221. The van der Waals surface area contributed by atoms with E-state index in [0.29, 0.717) is 18.4 Å². The molecule has 4 aliphatic carbocycles. The van der Waals surface area contributed by atoms with Crippen LogP contribution in [0.3, 0.4) is 0 Å². The van der Waals surface area contributed by atoms with Crippen LogP contribution in [0.1, 0.15) is 39.5 Å². The normalized spacial score (nSPS) is 51.4. The minimum Gasteiger partial charge on any atom is -0.393 e. The van der Waals surface area contributed by atoms with E-state index in [9.17, 15) is 14.7 Å². The Morgan fingerprint density at radius 2 is 2.08 bits per heavy atom. The summed E-state index contributed by atoms with van der Waals surface area (Å²) in [6, 6.07) is 0. The quantitative estimate of drug-likeness (QED) is 0.702. The Labute approximate surface area is 153 Å². The van der Waals surface area contributed by atoms with Gasteiger partial charge in [0.1, 0.15) is 6.17 Å². The van der Waals surface area contributed by atoms with Crippen molar-refractivity contribution in [2.75, 3.05) is 0 Å². The third kappa shape index (κ3) is 2.27. The van der Waals surface area contributed by atoms with Crippen molar-refractivity contribution in [2.45, 2.75) is 51.8 Å². The van der Waals surface area contributed by atoms with Crippen molar-refractivity contribution in [3.63, 3.8) is 0 Å². The molecule has 8 atom stereocenters. The number of ketones is 1. The monoisotopic (exact) mass is 364 g/mol. The molecule has 0 aromatic heterocycles. The van der Waals surface area contributed by atoms with Gasteiger partial charge in [-0.2, -0.15) is 0 Å². The van der Waals surface area contributed by atoms with Crippen molar-refractivity contribution in [3.8, 4) is 0 Å². The molecule has 1 N–H and O–H groups in total. The lowest BCUT2D eigenvalue weighted by Crippen LogP contribution is -2.58. The van der Waals surface area contributed by atoms with Gasteiger partial charge in [0.15, 0.2) is 10.9 Å². The first-order valence-corrected chi connectivity index (χ1v) is 9.63. The highest BCUT2D eigenvalue weighted by molar-refractivity contribution is 7.96. The third-order valence-electron chi connectivity index (χ3n) is 7.77. The van der Waals surface area contributed by atoms with Gasteiger partial charge in [-0.05, 0) is 60.7 Å². The largest absolute Gasteiger partial charge is 0.393 e. The summed E-state index contributed by atoms with van der Waals surface area (Å²) in [6.07, 6.45) is 5.48. The van der Waals surface area contributed by atoms with E-state index in [-0.39, 0.29) is 40.0 Å². The van der Waals surface area contributed by atoms with Crippen LogP contribution in [0.5, 0.6) is 0 Å². The number of carbonyl (C=O) groups is 2. The Morgan fingerprint density at radius 3 is 2.76 bits per heavy atom. The van der Waals surface area contributed by atoms with Gasteiger partial charge < -0.3 is 5.11 Å². The first-order valence-electron chi connectivity index (χ1n) is 9.18. The van der Waals surface area contributed by atoms with Crippen LogP contribution in [0, 0.1) is 34.5 Å². The minimum absolute atomic E-state index is 0.0152. The van der Waals surface area contributed by atoms with Crippen molar-refractivity contribution in [1.82, 2.24) is 0 Å². The van der Waals surface area contributed by atoms with Gasteiger partial charge in [0.25, 0.3) is 0 Å². The van der Waals surface area contributed by atoms with Gasteiger partial charge in [-0.25, -0.2) is 4.39 Å². The van der Waals surface area contributed by atoms with E-state index in [0.717, 1.165) is 12.8 Å². The zero-order valence-electron chi connectivity index (χ0n) is 14.6. The fourth-order valence-electron chi connectivity index (χ4n) is 6.74. The Bertz CT molecular complexity index is 701. The second-order valence-corrected chi connectivity index (χ2v) is 9.30. The number of halogens is 1. The molecule has 4 rings (SSSR count). The molecule has 5 heteroatoms. The van der Waals surface area contributed by atoms with Crippen LogP contribution in [0.25, 0.3) is 0 Å². The van der Waals surface area contributed by atoms with Crippen molar-refractivity contribution in [1.29, 1.82) is 0 Å². The van der Waals surface area contributed by atoms with Gasteiger partial charge in [-0.1, -0.05) is 19.9 Å². The first kappa shape index (κ1) is 17.5. The van der Waals surface area contributed by atoms with Gasteiger partial charge in [-0.15, -0.1) is 12.6 Å². The summed E-state index contributed by atoms with van der Waals surface area (Å²) >= 11 is 4.08. The number of aliphatic hydroxyl groups is 1. The maximum absolute atomic E-state index is 15.1. The van der Waals surface area contributed by atoms with Crippen LogP contribution in [0.4, 0.5) is 4.39 Å². The van der Waals surface area contributed by atoms with E-state index in [1.165, 1.54) is 12.2 Å². The number of allylic oxidation sites excluding steroid dienone is 4. The molecule has 25 heavy (non-hydrogen) atoms. The highest BCUT2D eigenvalue weighted by Gasteiger charge is 2.63. The van der Waals surface area contributed by atoms with Crippen molar-refractivity contribution >= 4 is 23.5 Å². The Kier molecular flexibility index (Phi) is 3.86.